The van der Waals surface area contributed by atoms with Gasteiger partial charge in [0, 0.05) is 38.1 Å². The maximum atomic E-state index is 6.47. The maximum Gasteiger partial charge on any atom is 0.235 e. The number of rotatable bonds is 4. The Hall–Kier alpha value is -6.00. The van der Waals surface area contributed by atoms with Crippen molar-refractivity contribution < 1.29 is 4.42 Å². The molecule has 0 atom stereocenters. The summed E-state index contributed by atoms with van der Waals surface area (Å²) >= 11 is 0. The van der Waals surface area contributed by atoms with Crippen molar-refractivity contribution in [1.29, 1.82) is 0 Å². The van der Waals surface area contributed by atoms with Gasteiger partial charge in [-0.05, 0) is 72.7 Å². The summed E-state index contributed by atoms with van der Waals surface area (Å²) in [6, 6.07) is 43.1. The van der Waals surface area contributed by atoms with Gasteiger partial charge in [0.05, 0.1) is 22.4 Å². The molecule has 8 aromatic rings. The van der Waals surface area contributed by atoms with Crippen LogP contribution >= 0.6 is 0 Å². The normalized spacial score (nSPS) is 14.0. The average Bonchev–Trinajstić information content (AvgIpc) is 3.70. The van der Waals surface area contributed by atoms with Crippen LogP contribution in [0.5, 0.6) is 0 Å². The fourth-order valence-corrected chi connectivity index (χ4v) is 7.70. The lowest BCUT2D eigenvalue weighted by Gasteiger charge is -2.17. The van der Waals surface area contributed by atoms with Crippen LogP contribution < -0.4 is 10.6 Å². The van der Waals surface area contributed by atoms with Crippen molar-refractivity contribution >= 4 is 50.5 Å². The lowest BCUT2D eigenvalue weighted by atomic mass is 9.95. The highest BCUT2D eigenvalue weighted by atomic mass is 16.3. The number of aromatic nitrogens is 3. The fourth-order valence-electron chi connectivity index (χ4n) is 7.70. The van der Waals surface area contributed by atoms with Crippen LogP contribution in [-0.4, -0.2) is 14.5 Å². The molecule has 0 fully saturated rings. The van der Waals surface area contributed by atoms with Crippen molar-refractivity contribution in [3.63, 3.8) is 0 Å². The summed E-state index contributed by atoms with van der Waals surface area (Å²) in [6.07, 6.45) is 10.6. The number of nitrogens with zero attached hydrogens (tertiary/aromatic N) is 3. The zero-order chi connectivity index (χ0) is 31.6. The van der Waals surface area contributed by atoms with Gasteiger partial charge < -0.3 is 4.42 Å². The molecule has 0 aliphatic heterocycles. The van der Waals surface area contributed by atoms with Crippen LogP contribution in [-0.2, 0) is 6.42 Å². The van der Waals surface area contributed by atoms with Crippen molar-refractivity contribution in [2.24, 2.45) is 0 Å². The van der Waals surface area contributed by atoms with Gasteiger partial charge in [-0.2, -0.15) is 0 Å². The van der Waals surface area contributed by atoms with Gasteiger partial charge in [0.25, 0.3) is 0 Å². The van der Waals surface area contributed by atoms with Gasteiger partial charge in [-0.3, -0.25) is 4.57 Å². The first-order chi connectivity index (χ1) is 23.8. The van der Waals surface area contributed by atoms with Crippen LogP contribution in [0.15, 0.2) is 132 Å². The van der Waals surface area contributed by atoms with Crippen molar-refractivity contribution in [2.75, 3.05) is 0 Å². The molecule has 2 aliphatic rings. The van der Waals surface area contributed by atoms with Crippen molar-refractivity contribution in [3.05, 3.63) is 155 Å². The second-order valence-corrected chi connectivity index (χ2v) is 12.8. The van der Waals surface area contributed by atoms with Crippen LogP contribution in [0, 0.1) is 0 Å². The number of para-hydroxylation sites is 2. The van der Waals surface area contributed by atoms with E-state index in [4.69, 9.17) is 14.4 Å². The van der Waals surface area contributed by atoms with Gasteiger partial charge >= 0.3 is 0 Å². The first-order valence-corrected chi connectivity index (χ1v) is 16.8. The molecule has 0 saturated carbocycles. The Morgan fingerprint density at radius 3 is 2.21 bits per heavy atom. The first-order valence-electron chi connectivity index (χ1n) is 16.8. The van der Waals surface area contributed by atoms with Gasteiger partial charge in [0.15, 0.2) is 0 Å². The molecule has 0 radical (unpaired) electrons. The maximum absolute atomic E-state index is 6.47. The molecule has 0 amide bonds. The Labute approximate surface area is 277 Å². The Balaban J connectivity index is 1.17. The number of hydrogen-bond acceptors (Lipinski definition) is 3. The Morgan fingerprint density at radius 1 is 0.583 bits per heavy atom. The standard InChI is InChI=1S/C44H31N3O/c1-2-11-28(12-3-1)29-21-23-30(24-22-29)42-36-15-4-7-18-38(36)45-44(46-42)47-39-19-8-5-13-33(39)37-27-31(25-26-40(37)47)32-16-10-17-35-34-14-6-9-20-41(34)48-43(32)35/h1-3,5-9,11-14,17-27H,4,10,15-16H2. The lowest BCUT2D eigenvalue weighted by Crippen LogP contribution is -2.26. The number of fused-ring (bicyclic) bond motifs is 7. The average molecular weight is 618 g/mol. The smallest absolute Gasteiger partial charge is 0.235 e. The Morgan fingerprint density at radius 2 is 1.31 bits per heavy atom. The molecule has 10 rings (SSSR count). The highest BCUT2D eigenvalue weighted by Crippen LogP contribution is 2.36. The van der Waals surface area contributed by atoms with Gasteiger partial charge in [0.2, 0.25) is 5.95 Å². The van der Waals surface area contributed by atoms with E-state index < -0.39 is 0 Å². The van der Waals surface area contributed by atoms with Crippen molar-refractivity contribution in [3.8, 4) is 28.3 Å². The molecule has 0 spiro atoms. The largest absolute Gasteiger partial charge is 0.456 e. The third-order valence-corrected chi connectivity index (χ3v) is 10.0. The van der Waals surface area contributed by atoms with Crippen molar-refractivity contribution in [2.45, 2.75) is 25.7 Å². The topological polar surface area (TPSA) is 43.9 Å². The first kappa shape index (κ1) is 27.1. The van der Waals surface area contributed by atoms with E-state index in [9.17, 15) is 0 Å². The minimum absolute atomic E-state index is 0.695. The van der Waals surface area contributed by atoms with E-state index >= 15 is 0 Å². The number of hydrogen-bond donors (Lipinski definition) is 0. The van der Waals surface area contributed by atoms with E-state index in [1.54, 1.807) is 0 Å². The Bertz CT molecular complexity index is 2710. The monoisotopic (exact) mass is 617 g/mol. The molecule has 228 valence electrons. The SMILES string of the molecule is C1=Cc2nc(-n3c4ccccc4c4cc(C5=c6oc7ccccc7c6=CCC5)ccc43)nc(-c3ccc(-c4ccccc4)cc3)c2CC1. The van der Waals surface area contributed by atoms with Gasteiger partial charge in [-0.15, -0.1) is 0 Å². The van der Waals surface area contributed by atoms with Gasteiger partial charge in [-0.25, -0.2) is 9.97 Å². The lowest BCUT2D eigenvalue weighted by molar-refractivity contribution is 0.568. The van der Waals surface area contributed by atoms with Crippen LogP contribution in [0.25, 0.3) is 78.8 Å². The molecule has 48 heavy (non-hydrogen) atoms. The molecule has 3 heterocycles. The van der Waals surface area contributed by atoms with Gasteiger partial charge in [0.1, 0.15) is 11.0 Å². The highest BCUT2D eigenvalue weighted by Gasteiger charge is 2.22. The van der Waals surface area contributed by atoms with Crippen LogP contribution in [0.4, 0.5) is 0 Å². The predicted molar refractivity (Wildman–Crippen MR) is 196 cm³/mol. The molecular weight excluding hydrogens is 587 g/mol. The fraction of sp³-hybridized carbons (Fsp3) is 0.0909. The van der Waals surface area contributed by atoms with Crippen LogP contribution in [0.2, 0.25) is 0 Å². The molecule has 0 unspecified atom stereocenters. The van der Waals surface area contributed by atoms with E-state index in [0.29, 0.717) is 5.95 Å². The van der Waals surface area contributed by atoms with E-state index in [-0.39, 0.29) is 0 Å². The number of benzene rings is 5. The summed E-state index contributed by atoms with van der Waals surface area (Å²) in [6.45, 7) is 0. The zero-order valence-corrected chi connectivity index (χ0v) is 26.4. The predicted octanol–water partition coefficient (Wildman–Crippen LogP) is 9.39. The summed E-state index contributed by atoms with van der Waals surface area (Å²) in [7, 11) is 0. The highest BCUT2D eigenvalue weighted by molar-refractivity contribution is 6.10. The van der Waals surface area contributed by atoms with Crippen molar-refractivity contribution in [1.82, 2.24) is 14.5 Å². The third-order valence-electron chi connectivity index (χ3n) is 10.0. The summed E-state index contributed by atoms with van der Waals surface area (Å²) in [5, 5.41) is 4.78. The molecule has 2 aliphatic carbocycles. The van der Waals surface area contributed by atoms with Crippen LogP contribution in [0.3, 0.4) is 0 Å². The summed E-state index contributed by atoms with van der Waals surface area (Å²) < 4.78 is 8.71. The van der Waals surface area contributed by atoms with E-state index in [1.807, 2.05) is 6.07 Å². The molecule has 4 heteroatoms. The third kappa shape index (κ3) is 4.22. The molecule has 0 saturated heterocycles. The summed E-state index contributed by atoms with van der Waals surface area (Å²) in [5.74, 6) is 0.695. The van der Waals surface area contributed by atoms with Gasteiger partial charge in [-0.1, -0.05) is 109 Å². The number of furan rings is 1. The second-order valence-electron chi connectivity index (χ2n) is 12.8. The quantitative estimate of drug-likeness (QED) is 0.198. The zero-order valence-electron chi connectivity index (χ0n) is 26.4. The molecule has 0 N–H and O–H groups in total. The molecule has 4 nitrogen and oxygen atoms in total. The Kier molecular flexibility index (Phi) is 6.10. The molecule has 5 aromatic carbocycles. The van der Waals surface area contributed by atoms with E-state index in [0.717, 1.165) is 64.7 Å². The summed E-state index contributed by atoms with van der Waals surface area (Å²) in [5.41, 5.74) is 13.3. The summed E-state index contributed by atoms with van der Waals surface area (Å²) in [4.78, 5) is 10.6. The minimum Gasteiger partial charge on any atom is -0.456 e. The molecule has 3 aromatic heterocycles. The van der Waals surface area contributed by atoms with Crippen LogP contribution in [0.1, 0.15) is 36.1 Å². The number of allylic oxidation sites excluding steroid dienone is 1. The second kappa shape index (κ2) is 10.8. The minimum atomic E-state index is 0.695. The molecule has 0 bridgehead atoms. The van der Waals surface area contributed by atoms with E-state index in [1.165, 1.54) is 49.2 Å². The van der Waals surface area contributed by atoms with E-state index in [2.05, 4.69) is 138 Å². The molecular formula is C44H31N3O.